The fourth-order valence-electron chi connectivity index (χ4n) is 3.79. The Morgan fingerprint density at radius 1 is 1.19 bits per heavy atom. The maximum Gasteiger partial charge on any atom is 0.241 e. The highest BCUT2D eigenvalue weighted by Gasteiger charge is 2.26. The monoisotopic (exact) mass is 470 g/mol. The third-order valence-electron chi connectivity index (χ3n) is 5.46. The van der Waals surface area contributed by atoms with Crippen molar-refractivity contribution in [3.8, 4) is 11.4 Å². The third-order valence-corrected chi connectivity index (χ3v) is 6.75. The minimum Gasteiger partial charge on any atom is -0.355 e. The average molecular weight is 471 g/mol. The van der Waals surface area contributed by atoms with Gasteiger partial charge < -0.3 is 9.84 Å². The number of piperidine rings is 1. The fraction of sp³-hybridized carbons (Fsp3) is 0.375. The van der Waals surface area contributed by atoms with Gasteiger partial charge >= 0.3 is 0 Å². The Morgan fingerprint density at radius 3 is 2.81 bits per heavy atom. The number of hydrogen-bond acceptors (Lipinski definition) is 6. The Balaban J connectivity index is 1.20. The van der Waals surface area contributed by atoms with E-state index in [0.717, 1.165) is 36.5 Å². The van der Waals surface area contributed by atoms with E-state index in [1.807, 2.05) is 30.0 Å². The molecular formula is C24H27ClN4O2S. The molecule has 0 saturated carbocycles. The smallest absolute Gasteiger partial charge is 0.241 e. The largest absolute Gasteiger partial charge is 0.355 e. The SMILES string of the molecule is O=C(NCCSCc1ccccc1)C1CCCN(Cc2nc(-c3ccc(Cl)cc3)no2)C1. The van der Waals surface area contributed by atoms with Gasteiger partial charge in [-0.3, -0.25) is 9.69 Å². The number of thioether (sulfide) groups is 1. The second kappa shape index (κ2) is 11.5. The molecule has 1 unspecified atom stereocenters. The normalized spacial score (nSPS) is 16.7. The highest BCUT2D eigenvalue weighted by molar-refractivity contribution is 7.98. The van der Waals surface area contributed by atoms with Crippen LogP contribution < -0.4 is 5.32 Å². The number of nitrogens with one attached hydrogen (secondary N) is 1. The predicted molar refractivity (Wildman–Crippen MR) is 128 cm³/mol. The molecule has 6 nitrogen and oxygen atoms in total. The summed E-state index contributed by atoms with van der Waals surface area (Å²) in [6.45, 7) is 2.88. The molecule has 2 aromatic carbocycles. The van der Waals surface area contributed by atoms with E-state index in [0.29, 0.717) is 36.4 Å². The summed E-state index contributed by atoms with van der Waals surface area (Å²) in [6.07, 6.45) is 1.90. The summed E-state index contributed by atoms with van der Waals surface area (Å²) in [5.74, 6) is 3.14. The Kier molecular flexibility index (Phi) is 8.20. The lowest BCUT2D eigenvalue weighted by molar-refractivity contribution is -0.126. The number of hydrogen-bond donors (Lipinski definition) is 1. The lowest BCUT2D eigenvalue weighted by Crippen LogP contribution is -2.43. The number of aromatic nitrogens is 2. The highest BCUT2D eigenvalue weighted by atomic mass is 35.5. The van der Waals surface area contributed by atoms with Crippen molar-refractivity contribution in [1.29, 1.82) is 0 Å². The van der Waals surface area contributed by atoms with Crippen LogP contribution in [0.3, 0.4) is 0 Å². The average Bonchev–Trinajstić information content (AvgIpc) is 3.28. The predicted octanol–water partition coefficient (Wildman–Crippen LogP) is 4.65. The first kappa shape index (κ1) is 22.8. The zero-order valence-electron chi connectivity index (χ0n) is 17.9. The summed E-state index contributed by atoms with van der Waals surface area (Å²) in [7, 11) is 0. The van der Waals surface area contributed by atoms with Gasteiger partial charge in [0.2, 0.25) is 17.6 Å². The second-order valence-corrected chi connectivity index (χ2v) is 9.46. The van der Waals surface area contributed by atoms with Gasteiger partial charge in [0, 0.05) is 35.2 Å². The maximum atomic E-state index is 12.6. The van der Waals surface area contributed by atoms with Crippen molar-refractivity contribution in [1.82, 2.24) is 20.4 Å². The van der Waals surface area contributed by atoms with Crippen molar-refractivity contribution in [2.45, 2.75) is 25.1 Å². The Morgan fingerprint density at radius 2 is 2.00 bits per heavy atom. The van der Waals surface area contributed by atoms with Crippen LogP contribution in [-0.4, -0.2) is 46.3 Å². The quantitative estimate of drug-likeness (QED) is 0.459. The molecule has 1 atom stereocenters. The Hall–Kier alpha value is -2.35. The van der Waals surface area contributed by atoms with Crippen LogP contribution in [0, 0.1) is 5.92 Å². The molecule has 1 aromatic heterocycles. The van der Waals surface area contributed by atoms with E-state index in [1.165, 1.54) is 5.56 Å². The van der Waals surface area contributed by atoms with Crippen LogP contribution in [0.5, 0.6) is 0 Å². The molecule has 1 amide bonds. The Bertz CT molecular complexity index is 997. The molecule has 1 aliphatic rings. The van der Waals surface area contributed by atoms with E-state index in [9.17, 15) is 4.79 Å². The van der Waals surface area contributed by atoms with Crippen molar-refractivity contribution >= 4 is 29.3 Å². The fourth-order valence-corrected chi connectivity index (χ4v) is 4.74. The van der Waals surface area contributed by atoms with E-state index in [2.05, 4.69) is 44.6 Å². The zero-order chi connectivity index (χ0) is 22.2. The molecule has 3 aromatic rings. The topological polar surface area (TPSA) is 71.3 Å². The molecule has 1 saturated heterocycles. The molecule has 1 N–H and O–H groups in total. The molecule has 1 fully saturated rings. The van der Waals surface area contributed by atoms with Gasteiger partial charge in [0.05, 0.1) is 12.5 Å². The van der Waals surface area contributed by atoms with Crippen LogP contribution in [-0.2, 0) is 17.1 Å². The third kappa shape index (κ3) is 6.58. The number of carbonyl (C=O) groups excluding carboxylic acids is 1. The summed E-state index contributed by atoms with van der Waals surface area (Å²) in [5.41, 5.74) is 2.18. The van der Waals surface area contributed by atoms with E-state index >= 15 is 0 Å². The zero-order valence-corrected chi connectivity index (χ0v) is 19.4. The van der Waals surface area contributed by atoms with Gasteiger partial charge in [0.15, 0.2) is 0 Å². The first-order valence-corrected chi connectivity index (χ1v) is 12.4. The van der Waals surface area contributed by atoms with Gasteiger partial charge in [-0.1, -0.05) is 47.1 Å². The summed E-state index contributed by atoms with van der Waals surface area (Å²) < 4.78 is 5.44. The molecule has 2 heterocycles. The minimum atomic E-state index is 0.00142. The number of nitrogens with zero attached hydrogens (tertiary/aromatic N) is 3. The molecule has 1 aliphatic heterocycles. The number of carbonyl (C=O) groups is 1. The number of likely N-dealkylation sites (tertiary alicyclic amines) is 1. The lowest BCUT2D eigenvalue weighted by Gasteiger charge is -2.30. The van der Waals surface area contributed by atoms with Crippen molar-refractivity contribution in [3.63, 3.8) is 0 Å². The van der Waals surface area contributed by atoms with Crippen LogP contribution in [0.2, 0.25) is 5.02 Å². The van der Waals surface area contributed by atoms with Gasteiger partial charge in [0.1, 0.15) is 0 Å². The van der Waals surface area contributed by atoms with Crippen LogP contribution in [0.15, 0.2) is 59.1 Å². The Labute approximate surface area is 197 Å². The van der Waals surface area contributed by atoms with E-state index in [4.69, 9.17) is 16.1 Å². The van der Waals surface area contributed by atoms with Crippen LogP contribution in [0.1, 0.15) is 24.3 Å². The van der Waals surface area contributed by atoms with E-state index in [-0.39, 0.29) is 11.8 Å². The number of halogens is 1. The van der Waals surface area contributed by atoms with Crippen molar-refractivity contribution in [2.24, 2.45) is 5.92 Å². The summed E-state index contributed by atoms with van der Waals surface area (Å²) >= 11 is 7.78. The molecule has 168 valence electrons. The maximum absolute atomic E-state index is 12.6. The van der Waals surface area contributed by atoms with Gasteiger partial charge in [-0.05, 0) is 49.2 Å². The van der Waals surface area contributed by atoms with Crippen molar-refractivity contribution in [2.75, 3.05) is 25.4 Å². The summed E-state index contributed by atoms with van der Waals surface area (Å²) in [4.78, 5) is 19.4. The number of amides is 1. The molecule has 0 spiro atoms. The van der Waals surface area contributed by atoms with Crippen LogP contribution >= 0.6 is 23.4 Å². The van der Waals surface area contributed by atoms with Crippen molar-refractivity contribution in [3.05, 3.63) is 71.1 Å². The molecule has 0 radical (unpaired) electrons. The van der Waals surface area contributed by atoms with Crippen molar-refractivity contribution < 1.29 is 9.32 Å². The molecular weight excluding hydrogens is 444 g/mol. The van der Waals surface area contributed by atoms with Crippen LogP contribution in [0.25, 0.3) is 11.4 Å². The summed E-state index contributed by atoms with van der Waals surface area (Å²) in [5, 5.41) is 7.85. The first-order chi connectivity index (χ1) is 15.7. The van der Waals surface area contributed by atoms with Gasteiger partial charge in [-0.2, -0.15) is 16.7 Å². The molecule has 0 bridgehead atoms. The lowest BCUT2D eigenvalue weighted by atomic mass is 9.97. The first-order valence-electron chi connectivity index (χ1n) is 10.9. The van der Waals surface area contributed by atoms with Gasteiger partial charge in [0.25, 0.3) is 0 Å². The summed E-state index contributed by atoms with van der Waals surface area (Å²) in [6, 6.07) is 17.8. The molecule has 0 aliphatic carbocycles. The number of rotatable bonds is 9. The van der Waals surface area contributed by atoms with E-state index < -0.39 is 0 Å². The molecule has 32 heavy (non-hydrogen) atoms. The highest BCUT2D eigenvalue weighted by Crippen LogP contribution is 2.21. The van der Waals surface area contributed by atoms with Crippen LogP contribution in [0.4, 0.5) is 0 Å². The molecule has 8 heteroatoms. The van der Waals surface area contributed by atoms with E-state index in [1.54, 1.807) is 12.1 Å². The van der Waals surface area contributed by atoms with Gasteiger partial charge in [-0.15, -0.1) is 0 Å². The minimum absolute atomic E-state index is 0.00142. The standard InChI is InChI=1S/C24H27ClN4O2S/c25-21-10-8-19(9-11-21)23-27-22(31-28-23)16-29-13-4-7-20(15-29)24(30)26-12-14-32-17-18-5-2-1-3-6-18/h1-3,5-6,8-11,20H,4,7,12-17H2,(H,26,30). The molecule has 4 rings (SSSR count). The number of benzene rings is 2. The van der Waals surface area contributed by atoms with Gasteiger partial charge in [-0.25, -0.2) is 0 Å². The second-order valence-electron chi connectivity index (χ2n) is 7.92.